The van der Waals surface area contributed by atoms with Crippen molar-refractivity contribution in [2.24, 2.45) is 5.92 Å². The fourth-order valence-electron chi connectivity index (χ4n) is 2.93. The van der Waals surface area contributed by atoms with E-state index in [1.165, 1.54) is 37.9 Å². The zero-order chi connectivity index (χ0) is 13.5. The second-order valence-electron chi connectivity index (χ2n) is 5.47. The molecule has 1 aliphatic carbocycles. The van der Waals surface area contributed by atoms with E-state index >= 15 is 0 Å². The van der Waals surface area contributed by atoms with Gasteiger partial charge in [0, 0.05) is 30.3 Å². The van der Waals surface area contributed by atoms with Gasteiger partial charge in [-0.05, 0) is 18.8 Å². The Morgan fingerprint density at radius 3 is 2.68 bits per heavy atom. The first-order chi connectivity index (χ1) is 9.31. The summed E-state index contributed by atoms with van der Waals surface area (Å²) in [5.74, 6) is 4.37. The molecule has 0 aromatic rings. The highest BCUT2D eigenvalue weighted by atomic mass is 32.2. The topological polar surface area (TPSA) is 20.3 Å². The van der Waals surface area contributed by atoms with Gasteiger partial charge in [0.15, 0.2) is 0 Å². The minimum atomic E-state index is 0.183. The Morgan fingerprint density at radius 2 is 2.05 bits per heavy atom. The van der Waals surface area contributed by atoms with Crippen molar-refractivity contribution in [3.63, 3.8) is 0 Å². The molecule has 19 heavy (non-hydrogen) atoms. The first-order valence-electron chi connectivity index (χ1n) is 7.40. The van der Waals surface area contributed by atoms with Crippen LogP contribution in [-0.2, 0) is 4.79 Å². The monoisotopic (exact) mass is 299 g/mol. The Bertz CT molecular complexity index is 297. The van der Waals surface area contributed by atoms with Crippen molar-refractivity contribution in [1.29, 1.82) is 0 Å². The van der Waals surface area contributed by atoms with E-state index in [2.05, 4.69) is 11.5 Å². The number of hydrogen-bond donors (Lipinski definition) is 0. The van der Waals surface area contributed by atoms with Gasteiger partial charge >= 0.3 is 0 Å². The zero-order valence-electron chi connectivity index (χ0n) is 11.7. The van der Waals surface area contributed by atoms with Crippen LogP contribution in [0.5, 0.6) is 0 Å². The maximum absolute atomic E-state index is 12.6. The Hall–Kier alpha value is -0.0900. The minimum absolute atomic E-state index is 0.183. The van der Waals surface area contributed by atoms with Crippen molar-refractivity contribution >= 4 is 29.4 Å². The number of carbonyl (C=O) groups excluding carboxylic acids is 1. The molecular weight excluding hydrogens is 274 g/mol. The lowest BCUT2D eigenvalue weighted by atomic mass is 9.89. The minimum Gasteiger partial charge on any atom is -0.338 e. The van der Waals surface area contributed by atoms with Crippen LogP contribution in [0.2, 0.25) is 0 Å². The highest BCUT2D eigenvalue weighted by molar-refractivity contribution is 8.07. The average Bonchev–Trinajstić information content (AvgIpc) is 2.48. The molecule has 0 radical (unpaired) electrons. The molecule has 1 saturated carbocycles. The summed E-state index contributed by atoms with van der Waals surface area (Å²) in [6, 6.07) is 0. The predicted molar refractivity (Wildman–Crippen MR) is 86.9 cm³/mol. The number of carbonyl (C=O) groups is 1. The molecule has 2 aliphatic rings. The van der Waals surface area contributed by atoms with Gasteiger partial charge in [-0.25, -0.2) is 0 Å². The summed E-state index contributed by atoms with van der Waals surface area (Å²) in [6.45, 7) is 5.49. The van der Waals surface area contributed by atoms with E-state index in [1.807, 2.05) is 29.6 Å². The molecule has 1 unspecified atom stereocenters. The van der Waals surface area contributed by atoms with Crippen LogP contribution in [0.25, 0.3) is 0 Å². The fourth-order valence-corrected chi connectivity index (χ4v) is 5.56. The van der Waals surface area contributed by atoms with Crippen LogP contribution in [0, 0.1) is 5.92 Å². The Balaban J connectivity index is 1.89. The first kappa shape index (κ1) is 15.3. The third kappa shape index (κ3) is 4.75. The van der Waals surface area contributed by atoms with Crippen LogP contribution in [0.3, 0.4) is 0 Å². The second kappa shape index (κ2) is 8.25. The highest BCUT2D eigenvalue weighted by Gasteiger charge is 2.28. The molecule has 1 heterocycles. The van der Waals surface area contributed by atoms with Crippen LogP contribution in [0.15, 0.2) is 12.7 Å². The van der Waals surface area contributed by atoms with Crippen LogP contribution in [0.1, 0.15) is 32.1 Å². The third-order valence-electron chi connectivity index (χ3n) is 3.96. The van der Waals surface area contributed by atoms with Crippen molar-refractivity contribution in [1.82, 2.24) is 4.90 Å². The lowest BCUT2D eigenvalue weighted by Crippen LogP contribution is -2.43. The summed E-state index contributed by atoms with van der Waals surface area (Å²) < 4.78 is 0. The highest BCUT2D eigenvalue weighted by Crippen LogP contribution is 2.28. The van der Waals surface area contributed by atoms with E-state index in [4.69, 9.17) is 0 Å². The molecule has 1 aliphatic heterocycles. The van der Waals surface area contributed by atoms with Crippen molar-refractivity contribution < 1.29 is 4.79 Å². The summed E-state index contributed by atoms with van der Waals surface area (Å²) in [4.78, 5) is 14.7. The summed E-state index contributed by atoms with van der Waals surface area (Å²) in [6.07, 6.45) is 8.53. The zero-order valence-corrected chi connectivity index (χ0v) is 13.3. The van der Waals surface area contributed by atoms with Crippen molar-refractivity contribution in [2.45, 2.75) is 37.4 Å². The van der Waals surface area contributed by atoms with E-state index in [9.17, 15) is 4.79 Å². The molecule has 0 N–H and O–H groups in total. The molecule has 0 aromatic carbocycles. The number of nitrogens with zero attached hydrogens (tertiary/aromatic N) is 1. The molecule has 1 saturated heterocycles. The van der Waals surface area contributed by atoms with E-state index < -0.39 is 0 Å². The van der Waals surface area contributed by atoms with E-state index in [-0.39, 0.29) is 5.25 Å². The van der Waals surface area contributed by atoms with Crippen LogP contribution < -0.4 is 0 Å². The molecule has 0 spiro atoms. The maximum atomic E-state index is 12.6. The molecule has 1 amide bonds. The van der Waals surface area contributed by atoms with E-state index in [1.54, 1.807) is 0 Å². The molecule has 0 aromatic heterocycles. The Labute approximate surface area is 125 Å². The summed E-state index contributed by atoms with van der Waals surface area (Å²) in [5, 5.41) is 0.183. The standard InChI is InChI=1S/C15H25NOS2/c1-2-8-16(11-13-6-4-3-5-7-13)15(17)14-12-18-9-10-19-14/h2,13-14H,1,3-12H2. The lowest BCUT2D eigenvalue weighted by molar-refractivity contribution is -0.130. The third-order valence-corrected chi connectivity index (χ3v) is 6.70. The summed E-state index contributed by atoms with van der Waals surface area (Å²) in [7, 11) is 0. The maximum Gasteiger partial charge on any atom is 0.236 e. The van der Waals surface area contributed by atoms with Gasteiger partial charge in [-0.15, -0.1) is 18.3 Å². The number of thioether (sulfide) groups is 2. The quantitative estimate of drug-likeness (QED) is 0.725. The van der Waals surface area contributed by atoms with Crippen LogP contribution in [0.4, 0.5) is 0 Å². The molecule has 2 nitrogen and oxygen atoms in total. The first-order valence-corrected chi connectivity index (χ1v) is 9.60. The number of amides is 1. The van der Waals surface area contributed by atoms with Gasteiger partial charge in [0.25, 0.3) is 0 Å². The van der Waals surface area contributed by atoms with Gasteiger partial charge in [-0.2, -0.15) is 11.8 Å². The second-order valence-corrected chi connectivity index (χ2v) is 7.93. The Morgan fingerprint density at radius 1 is 1.26 bits per heavy atom. The molecular formula is C15H25NOS2. The molecule has 4 heteroatoms. The van der Waals surface area contributed by atoms with Crippen molar-refractivity contribution in [3.05, 3.63) is 12.7 Å². The predicted octanol–water partition coefficient (Wildman–Crippen LogP) is 3.43. The van der Waals surface area contributed by atoms with E-state index in [0.29, 0.717) is 5.91 Å². The lowest BCUT2D eigenvalue weighted by Gasteiger charge is -2.32. The molecule has 108 valence electrons. The number of rotatable bonds is 5. The fraction of sp³-hybridized carbons (Fsp3) is 0.800. The molecule has 1 atom stereocenters. The van der Waals surface area contributed by atoms with Crippen molar-refractivity contribution in [3.8, 4) is 0 Å². The van der Waals surface area contributed by atoms with Crippen LogP contribution >= 0.6 is 23.5 Å². The van der Waals surface area contributed by atoms with Gasteiger partial charge in [-0.3, -0.25) is 4.79 Å². The largest absolute Gasteiger partial charge is 0.338 e. The van der Waals surface area contributed by atoms with Crippen LogP contribution in [-0.4, -0.2) is 46.4 Å². The SMILES string of the molecule is C=CCN(CC1CCCCC1)C(=O)C1CSCCS1. The van der Waals surface area contributed by atoms with Gasteiger partial charge < -0.3 is 4.90 Å². The van der Waals surface area contributed by atoms with Gasteiger partial charge in [0.05, 0.1) is 5.25 Å². The average molecular weight is 300 g/mol. The summed E-state index contributed by atoms with van der Waals surface area (Å²) in [5.41, 5.74) is 0. The Kier molecular flexibility index (Phi) is 6.65. The van der Waals surface area contributed by atoms with Gasteiger partial charge in [0.2, 0.25) is 5.91 Å². The molecule has 2 rings (SSSR count). The number of hydrogen-bond acceptors (Lipinski definition) is 3. The molecule has 2 fully saturated rings. The molecule has 0 bridgehead atoms. The normalized spacial score (nSPS) is 24.9. The van der Waals surface area contributed by atoms with E-state index in [0.717, 1.165) is 30.5 Å². The van der Waals surface area contributed by atoms with Gasteiger partial charge in [-0.1, -0.05) is 25.3 Å². The smallest absolute Gasteiger partial charge is 0.236 e. The summed E-state index contributed by atoms with van der Waals surface area (Å²) >= 11 is 3.76. The van der Waals surface area contributed by atoms with Gasteiger partial charge in [0.1, 0.15) is 0 Å². The van der Waals surface area contributed by atoms with Crippen molar-refractivity contribution in [2.75, 3.05) is 30.3 Å².